The third-order valence-corrected chi connectivity index (χ3v) is 3.12. The molecule has 0 unspecified atom stereocenters. The molecule has 19 heavy (non-hydrogen) atoms. The van der Waals surface area contributed by atoms with Crippen molar-refractivity contribution in [2.45, 2.75) is 6.92 Å². The van der Waals surface area contributed by atoms with E-state index < -0.39 is 0 Å². The van der Waals surface area contributed by atoms with Crippen LogP contribution >= 0.6 is 0 Å². The summed E-state index contributed by atoms with van der Waals surface area (Å²) in [5, 5.41) is 16.6. The number of nitrogens with zero attached hydrogens (tertiary/aromatic N) is 2. The van der Waals surface area contributed by atoms with Gasteiger partial charge in [-0.2, -0.15) is 5.10 Å². The fraction of sp³-hybridized carbons (Fsp3) is 0.0667. The summed E-state index contributed by atoms with van der Waals surface area (Å²) < 4.78 is 1.10. The molecule has 0 aliphatic heterocycles. The predicted molar refractivity (Wildman–Crippen MR) is 71.6 cm³/mol. The molecule has 0 aliphatic carbocycles. The van der Waals surface area contributed by atoms with Crippen molar-refractivity contribution in [3.63, 3.8) is 0 Å². The van der Waals surface area contributed by atoms with Gasteiger partial charge in [0.05, 0.1) is 11.8 Å². The molecule has 0 saturated carbocycles. The number of rotatable bonds is 2. The summed E-state index contributed by atoms with van der Waals surface area (Å²) in [4.78, 5) is 0. The summed E-state index contributed by atoms with van der Waals surface area (Å²) in [6, 6.07) is 10.00. The number of hydrogen-bond donors (Lipinski definition) is 2. The molecule has 0 bridgehead atoms. The van der Waals surface area contributed by atoms with Crippen LogP contribution in [-0.2, 0) is 0 Å². The Morgan fingerprint density at radius 3 is 2.58 bits per heavy atom. The number of H-pyrrole nitrogens is 1. The third kappa shape index (κ3) is 2.08. The summed E-state index contributed by atoms with van der Waals surface area (Å²) in [5.41, 5.74) is 5.11. The first-order valence-electron chi connectivity index (χ1n) is 6.05. The zero-order valence-corrected chi connectivity index (χ0v) is 10.5. The van der Waals surface area contributed by atoms with Crippen LogP contribution in [0.1, 0.15) is 5.56 Å². The minimum atomic E-state index is 0.976. The normalized spacial score (nSPS) is 10.6. The van der Waals surface area contributed by atoms with Crippen LogP contribution in [0, 0.1) is 6.92 Å². The maximum Gasteiger partial charge on any atom is 0.230 e. The van der Waals surface area contributed by atoms with E-state index in [0.717, 1.165) is 32.5 Å². The molecule has 2 heterocycles. The molecule has 0 saturated heterocycles. The summed E-state index contributed by atoms with van der Waals surface area (Å²) in [7, 11) is 0. The van der Waals surface area contributed by atoms with Gasteiger partial charge in [-0.15, -0.1) is 0 Å². The predicted octanol–water partition coefficient (Wildman–Crippen LogP) is 2.58. The number of aromatic amines is 1. The molecule has 0 atom stereocenters. The molecule has 0 radical (unpaired) electrons. The van der Waals surface area contributed by atoms with Gasteiger partial charge in [0.1, 0.15) is 0 Å². The lowest BCUT2D eigenvalue weighted by Gasteiger charge is -2.08. The quantitative estimate of drug-likeness (QED) is 0.544. The van der Waals surface area contributed by atoms with Crippen LogP contribution in [0.5, 0.6) is 0 Å². The van der Waals surface area contributed by atoms with E-state index in [9.17, 15) is 5.21 Å². The van der Waals surface area contributed by atoms with Crippen molar-refractivity contribution < 1.29 is 9.94 Å². The van der Waals surface area contributed by atoms with Gasteiger partial charge in [0.2, 0.25) is 12.4 Å². The summed E-state index contributed by atoms with van der Waals surface area (Å²) in [6.07, 6.45) is 7.05. The molecule has 2 aromatic heterocycles. The lowest BCUT2D eigenvalue weighted by Crippen LogP contribution is -2.29. The van der Waals surface area contributed by atoms with E-state index in [2.05, 4.69) is 10.2 Å². The fourth-order valence-electron chi connectivity index (χ4n) is 2.32. The zero-order valence-electron chi connectivity index (χ0n) is 10.5. The fourth-order valence-corrected chi connectivity index (χ4v) is 2.32. The number of aryl methyl sites for hydroxylation is 1. The van der Waals surface area contributed by atoms with E-state index in [1.54, 1.807) is 18.6 Å². The van der Waals surface area contributed by atoms with Crippen LogP contribution in [0.2, 0.25) is 0 Å². The summed E-state index contributed by atoms with van der Waals surface area (Å²) in [5.74, 6) is 0. The second-order valence-corrected chi connectivity index (χ2v) is 4.46. The molecule has 0 amide bonds. The average molecular weight is 252 g/mol. The van der Waals surface area contributed by atoms with Gasteiger partial charge < -0.3 is 0 Å². The van der Waals surface area contributed by atoms with Gasteiger partial charge in [-0.3, -0.25) is 10.3 Å². The Morgan fingerprint density at radius 1 is 1.11 bits per heavy atom. The Kier molecular flexibility index (Phi) is 2.76. The van der Waals surface area contributed by atoms with Gasteiger partial charge >= 0.3 is 0 Å². The van der Waals surface area contributed by atoms with Crippen molar-refractivity contribution in [1.29, 1.82) is 0 Å². The van der Waals surface area contributed by atoms with Gasteiger partial charge in [-0.05, 0) is 12.5 Å². The Balaban J connectivity index is 2.29. The number of nitrogens with one attached hydrogen (secondary N) is 1. The summed E-state index contributed by atoms with van der Waals surface area (Å²) >= 11 is 0. The molecule has 0 spiro atoms. The number of hydrogen-bond acceptors (Lipinski definition) is 2. The molecule has 94 valence electrons. The average Bonchev–Trinajstić information content (AvgIpc) is 2.92. The molecule has 0 fully saturated rings. The van der Waals surface area contributed by atoms with E-state index in [4.69, 9.17) is 0 Å². The lowest BCUT2D eigenvalue weighted by atomic mass is 9.95. The monoisotopic (exact) mass is 252 g/mol. The smallest absolute Gasteiger partial charge is 0.230 e. The van der Waals surface area contributed by atoms with Crippen molar-refractivity contribution in [3.05, 3.63) is 60.7 Å². The standard InChI is InChI=1S/C15H13N3O/c1-11-9-18(19)10-14(12-5-3-2-4-6-12)15(11)13-7-16-17-8-13/h2-10,19H,1H3/p+1. The largest absolute Gasteiger partial charge is 0.285 e. The SMILES string of the molecule is Cc1c[n+](O)cc(-c2ccccc2)c1-c1cn[nH]c1. The van der Waals surface area contributed by atoms with Crippen LogP contribution in [0.15, 0.2) is 55.1 Å². The molecule has 2 N–H and O–H groups in total. The van der Waals surface area contributed by atoms with Crippen LogP contribution in [-0.4, -0.2) is 15.4 Å². The van der Waals surface area contributed by atoms with Crippen molar-refractivity contribution in [3.8, 4) is 22.3 Å². The van der Waals surface area contributed by atoms with Crippen LogP contribution in [0.4, 0.5) is 0 Å². The molecular weight excluding hydrogens is 238 g/mol. The minimum Gasteiger partial charge on any atom is -0.285 e. The van der Waals surface area contributed by atoms with E-state index in [1.807, 2.05) is 43.5 Å². The highest BCUT2D eigenvalue weighted by molar-refractivity contribution is 5.83. The topological polar surface area (TPSA) is 52.8 Å². The minimum absolute atomic E-state index is 0.976. The second kappa shape index (κ2) is 4.57. The van der Waals surface area contributed by atoms with Gasteiger partial charge in [0, 0.05) is 27.6 Å². The van der Waals surface area contributed by atoms with Gasteiger partial charge in [-0.1, -0.05) is 30.3 Å². The van der Waals surface area contributed by atoms with Crippen molar-refractivity contribution >= 4 is 0 Å². The molecule has 0 aliphatic rings. The van der Waals surface area contributed by atoms with Gasteiger partial charge in [0.15, 0.2) is 0 Å². The maximum absolute atomic E-state index is 9.77. The Hall–Kier alpha value is -2.62. The van der Waals surface area contributed by atoms with E-state index in [0.29, 0.717) is 0 Å². The summed E-state index contributed by atoms with van der Waals surface area (Å²) in [6.45, 7) is 1.97. The third-order valence-electron chi connectivity index (χ3n) is 3.12. The second-order valence-electron chi connectivity index (χ2n) is 4.46. The first kappa shape index (κ1) is 11.5. The molecule has 1 aromatic carbocycles. The zero-order chi connectivity index (χ0) is 13.2. The maximum atomic E-state index is 9.77. The van der Waals surface area contributed by atoms with Crippen LogP contribution in [0.3, 0.4) is 0 Å². The highest BCUT2D eigenvalue weighted by Crippen LogP contribution is 2.32. The Morgan fingerprint density at radius 2 is 1.89 bits per heavy atom. The molecule has 4 heteroatoms. The van der Waals surface area contributed by atoms with E-state index >= 15 is 0 Å². The van der Waals surface area contributed by atoms with Crippen LogP contribution in [0.25, 0.3) is 22.3 Å². The number of benzene rings is 1. The molecule has 4 nitrogen and oxygen atoms in total. The molecule has 3 rings (SSSR count). The van der Waals surface area contributed by atoms with Crippen molar-refractivity contribution in [2.75, 3.05) is 0 Å². The lowest BCUT2D eigenvalue weighted by molar-refractivity contribution is -0.904. The van der Waals surface area contributed by atoms with Crippen LogP contribution < -0.4 is 4.73 Å². The van der Waals surface area contributed by atoms with E-state index in [1.165, 1.54) is 0 Å². The highest BCUT2D eigenvalue weighted by Gasteiger charge is 2.17. The Bertz CT molecular complexity index is 691. The number of aromatic nitrogens is 3. The van der Waals surface area contributed by atoms with E-state index in [-0.39, 0.29) is 0 Å². The van der Waals surface area contributed by atoms with Gasteiger partial charge in [0.25, 0.3) is 0 Å². The van der Waals surface area contributed by atoms with Crippen molar-refractivity contribution in [1.82, 2.24) is 10.2 Å². The number of pyridine rings is 1. The molecule has 3 aromatic rings. The first-order chi connectivity index (χ1) is 9.25. The Labute approximate surface area is 110 Å². The van der Waals surface area contributed by atoms with Gasteiger partial charge in [-0.25, -0.2) is 0 Å². The molecular formula is C15H14N3O+. The van der Waals surface area contributed by atoms with Crippen molar-refractivity contribution in [2.24, 2.45) is 0 Å². The highest BCUT2D eigenvalue weighted by atomic mass is 16.5. The first-order valence-corrected chi connectivity index (χ1v) is 6.05.